The molecule has 0 saturated carbocycles. The van der Waals surface area contributed by atoms with Gasteiger partial charge < -0.3 is 5.11 Å². The Morgan fingerprint density at radius 3 is 2.69 bits per heavy atom. The fourth-order valence-corrected chi connectivity index (χ4v) is 2.47. The van der Waals surface area contributed by atoms with Gasteiger partial charge in [-0.3, -0.25) is 4.90 Å². The fourth-order valence-electron chi connectivity index (χ4n) is 2.47. The van der Waals surface area contributed by atoms with Crippen LogP contribution in [0.1, 0.15) is 12.5 Å². The molecule has 16 heavy (non-hydrogen) atoms. The molecular weight excluding hydrogens is 198 g/mol. The molecule has 0 spiro atoms. The van der Waals surface area contributed by atoms with Crippen LogP contribution in [0, 0.1) is 5.92 Å². The average Bonchev–Trinajstić information content (AvgIpc) is 2.55. The Labute approximate surface area is 97.2 Å². The summed E-state index contributed by atoms with van der Waals surface area (Å²) in [5.74, 6) is 0.198. The van der Waals surface area contributed by atoms with Crippen molar-refractivity contribution in [2.45, 2.75) is 25.6 Å². The third-order valence-corrected chi connectivity index (χ3v) is 3.50. The number of β-amino-alcohol motifs (C(OH)–C–C–N with tert-alkyl or cyclic N) is 1. The molecule has 0 radical (unpaired) electrons. The average molecular weight is 217 g/mol. The summed E-state index contributed by atoms with van der Waals surface area (Å²) < 4.78 is 0. The quantitative estimate of drug-likeness (QED) is 0.783. The minimum Gasteiger partial charge on any atom is -0.391 e. The SMILES string of the molecule is C=C[C@H]1C(C)N(Cc2ccccc2)C[C@@H]1O. The van der Waals surface area contributed by atoms with E-state index in [1.807, 2.05) is 12.1 Å². The largest absolute Gasteiger partial charge is 0.391 e. The van der Waals surface area contributed by atoms with Crippen molar-refractivity contribution >= 4 is 0 Å². The number of likely N-dealkylation sites (tertiary alicyclic amines) is 1. The van der Waals surface area contributed by atoms with Crippen LogP contribution < -0.4 is 0 Å². The van der Waals surface area contributed by atoms with Crippen molar-refractivity contribution in [2.24, 2.45) is 5.92 Å². The molecular formula is C14H19NO. The van der Waals surface area contributed by atoms with E-state index in [9.17, 15) is 5.11 Å². The van der Waals surface area contributed by atoms with Crippen LogP contribution in [0.4, 0.5) is 0 Å². The molecule has 1 N–H and O–H groups in total. The maximum absolute atomic E-state index is 9.89. The first kappa shape index (κ1) is 11.4. The predicted molar refractivity (Wildman–Crippen MR) is 66.0 cm³/mol. The summed E-state index contributed by atoms with van der Waals surface area (Å²) in [5.41, 5.74) is 1.30. The van der Waals surface area contributed by atoms with Gasteiger partial charge in [0, 0.05) is 25.0 Å². The molecule has 1 fully saturated rings. The highest BCUT2D eigenvalue weighted by Crippen LogP contribution is 2.26. The number of rotatable bonds is 3. The molecule has 1 unspecified atom stereocenters. The molecule has 0 aromatic heterocycles. The summed E-state index contributed by atoms with van der Waals surface area (Å²) >= 11 is 0. The summed E-state index contributed by atoms with van der Waals surface area (Å²) in [6.45, 7) is 7.61. The van der Waals surface area contributed by atoms with Crippen LogP contribution in [0.5, 0.6) is 0 Å². The van der Waals surface area contributed by atoms with Gasteiger partial charge in [0.15, 0.2) is 0 Å². The number of aliphatic hydroxyl groups is 1. The Hall–Kier alpha value is -1.12. The van der Waals surface area contributed by atoms with Crippen molar-refractivity contribution in [2.75, 3.05) is 6.54 Å². The van der Waals surface area contributed by atoms with Gasteiger partial charge in [-0.1, -0.05) is 36.4 Å². The lowest BCUT2D eigenvalue weighted by atomic mass is 10.00. The van der Waals surface area contributed by atoms with Crippen LogP contribution in [0.25, 0.3) is 0 Å². The van der Waals surface area contributed by atoms with Crippen molar-refractivity contribution < 1.29 is 5.11 Å². The van der Waals surface area contributed by atoms with Gasteiger partial charge in [-0.15, -0.1) is 6.58 Å². The smallest absolute Gasteiger partial charge is 0.0744 e. The highest BCUT2D eigenvalue weighted by molar-refractivity contribution is 5.15. The molecule has 2 rings (SSSR count). The van der Waals surface area contributed by atoms with E-state index in [1.54, 1.807) is 0 Å². The van der Waals surface area contributed by atoms with Gasteiger partial charge in [-0.25, -0.2) is 0 Å². The monoisotopic (exact) mass is 217 g/mol. The molecule has 1 heterocycles. The Morgan fingerprint density at radius 2 is 2.12 bits per heavy atom. The van der Waals surface area contributed by atoms with E-state index in [2.05, 4.69) is 42.7 Å². The molecule has 1 aliphatic rings. The van der Waals surface area contributed by atoms with Crippen LogP contribution in [0.15, 0.2) is 43.0 Å². The third kappa shape index (κ3) is 2.18. The first-order valence-electron chi connectivity index (χ1n) is 5.81. The summed E-state index contributed by atoms with van der Waals surface area (Å²) in [6, 6.07) is 10.8. The van der Waals surface area contributed by atoms with Gasteiger partial charge in [-0.2, -0.15) is 0 Å². The second kappa shape index (κ2) is 4.81. The van der Waals surface area contributed by atoms with E-state index in [4.69, 9.17) is 0 Å². The molecule has 1 aliphatic heterocycles. The molecule has 2 heteroatoms. The van der Waals surface area contributed by atoms with Crippen LogP contribution in [0.2, 0.25) is 0 Å². The molecule has 3 atom stereocenters. The number of aliphatic hydroxyl groups excluding tert-OH is 1. The van der Waals surface area contributed by atoms with Crippen molar-refractivity contribution in [3.8, 4) is 0 Å². The minimum atomic E-state index is -0.267. The molecule has 0 amide bonds. The molecule has 0 aliphatic carbocycles. The first-order valence-corrected chi connectivity index (χ1v) is 5.81. The van der Waals surface area contributed by atoms with Crippen molar-refractivity contribution in [1.82, 2.24) is 4.90 Å². The lowest BCUT2D eigenvalue weighted by molar-refractivity contribution is 0.156. The zero-order valence-corrected chi connectivity index (χ0v) is 9.71. The van der Waals surface area contributed by atoms with Crippen molar-refractivity contribution in [3.63, 3.8) is 0 Å². The number of hydrogen-bond donors (Lipinski definition) is 1. The van der Waals surface area contributed by atoms with E-state index in [0.717, 1.165) is 13.1 Å². The Morgan fingerprint density at radius 1 is 1.44 bits per heavy atom. The normalized spacial score (nSPS) is 30.5. The number of benzene rings is 1. The zero-order valence-electron chi connectivity index (χ0n) is 9.71. The highest BCUT2D eigenvalue weighted by atomic mass is 16.3. The molecule has 1 saturated heterocycles. The first-order chi connectivity index (χ1) is 7.72. The van der Waals surface area contributed by atoms with Gasteiger partial charge in [0.05, 0.1) is 6.10 Å². The van der Waals surface area contributed by atoms with Crippen LogP contribution in [-0.2, 0) is 6.54 Å². The summed E-state index contributed by atoms with van der Waals surface area (Å²) in [5, 5.41) is 9.89. The summed E-state index contributed by atoms with van der Waals surface area (Å²) in [4.78, 5) is 2.31. The lowest BCUT2D eigenvalue weighted by Crippen LogP contribution is -2.28. The molecule has 86 valence electrons. The zero-order chi connectivity index (χ0) is 11.5. The van der Waals surface area contributed by atoms with Gasteiger partial charge >= 0.3 is 0 Å². The lowest BCUT2D eigenvalue weighted by Gasteiger charge is -2.22. The Bertz CT molecular complexity index is 349. The summed E-state index contributed by atoms with van der Waals surface area (Å²) in [6.07, 6.45) is 1.61. The second-order valence-corrected chi connectivity index (χ2v) is 4.54. The number of nitrogens with zero attached hydrogens (tertiary/aromatic N) is 1. The van der Waals surface area contributed by atoms with Crippen LogP contribution in [0.3, 0.4) is 0 Å². The van der Waals surface area contributed by atoms with E-state index in [-0.39, 0.29) is 12.0 Å². The maximum Gasteiger partial charge on any atom is 0.0744 e. The van der Waals surface area contributed by atoms with Gasteiger partial charge in [0.1, 0.15) is 0 Å². The van der Waals surface area contributed by atoms with E-state index in [0.29, 0.717) is 6.04 Å². The summed E-state index contributed by atoms with van der Waals surface area (Å²) in [7, 11) is 0. The Kier molecular flexibility index (Phi) is 3.42. The van der Waals surface area contributed by atoms with E-state index < -0.39 is 0 Å². The topological polar surface area (TPSA) is 23.5 Å². The molecule has 0 bridgehead atoms. The predicted octanol–water partition coefficient (Wildman–Crippen LogP) is 2.05. The Balaban J connectivity index is 2.04. The molecule has 2 nitrogen and oxygen atoms in total. The molecule has 1 aromatic carbocycles. The minimum absolute atomic E-state index is 0.198. The standard InChI is InChI=1S/C14H19NO/c1-3-13-11(2)15(10-14(13)16)9-12-7-5-4-6-8-12/h3-8,11,13-14,16H,1,9-10H2,2H3/t11?,13-,14-/m0/s1. The maximum atomic E-state index is 9.89. The van der Waals surface area contributed by atoms with Crippen molar-refractivity contribution in [1.29, 1.82) is 0 Å². The molecule has 1 aromatic rings. The second-order valence-electron chi connectivity index (χ2n) is 4.54. The van der Waals surface area contributed by atoms with Crippen molar-refractivity contribution in [3.05, 3.63) is 48.6 Å². The van der Waals surface area contributed by atoms with Gasteiger partial charge in [-0.05, 0) is 12.5 Å². The fraction of sp³-hybridized carbons (Fsp3) is 0.429. The third-order valence-electron chi connectivity index (χ3n) is 3.50. The van der Waals surface area contributed by atoms with Gasteiger partial charge in [0.2, 0.25) is 0 Å². The van der Waals surface area contributed by atoms with E-state index >= 15 is 0 Å². The number of hydrogen-bond acceptors (Lipinski definition) is 2. The van der Waals surface area contributed by atoms with Gasteiger partial charge in [0.25, 0.3) is 0 Å². The van der Waals surface area contributed by atoms with Crippen LogP contribution >= 0.6 is 0 Å². The van der Waals surface area contributed by atoms with Crippen LogP contribution in [-0.4, -0.2) is 28.7 Å². The highest BCUT2D eigenvalue weighted by Gasteiger charge is 2.35. The van der Waals surface area contributed by atoms with E-state index in [1.165, 1.54) is 5.56 Å².